The van der Waals surface area contributed by atoms with Crippen molar-refractivity contribution >= 4 is 5.91 Å². The molecule has 0 spiro atoms. The monoisotopic (exact) mass is 253 g/mol. The summed E-state index contributed by atoms with van der Waals surface area (Å²) in [6.45, 7) is 4.30. The lowest BCUT2D eigenvalue weighted by atomic mass is 10.1. The summed E-state index contributed by atoms with van der Waals surface area (Å²) in [6, 6.07) is 0. The van der Waals surface area contributed by atoms with E-state index in [1.807, 2.05) is 27.1 Å². The molecule has 0 saturated heterocycles. The molecule has 0 aliphatic carbocycles. The van der Waals surface area contributed by atoms with Gasteiger partial charge in [-0.25, -0.2) is 0 Å². The van der Waals surface area contributed by atoms with Crippen LogP contribution in [-0.4, -0.2) is 33.4 Å². The van der Waals surface area contributed by atoms with E-state index in [1.165, 1.54) is 0 Å². The molecule has 1 aromatic rings. The number of nitrogens with zero attached hydrogens (tertiary/aromatic N) is 2. The Morgan fingerprint density at radius 1 is 1.61 bits per heavy atom. The van der Waals surface area contributed by atoms with E-state index >= 15 is 0 Å². The van der Waals surface area contributed by atoms with Gasteiger partial charge in [0.05, 0.1) is 11.8 Å². The number of aromatic nitrogens is 2. The van der Waals surface area contributed by atoms with Crippen molar-refractivity contribution in [2.24, 2.45) is 7.05 Å². The van der Waals surface area contributed by atoms with Crippen molar-refractivity contribution in [3.05, 3.63) is 17.5 Å². The van der Waals surface area contributed by atoms with Crippen LogP contribution in [0, 0.1) is 6.92 Å². The average molecular weight is 253 g/mol. The second kappa shape index (κ2) is 7.16. The van der Waals surface area contributed by atoms with E-state index in [9.17, 15) is 9.90 Å². The van der Waals surface area contributed by atoms with Gasteiger partial charge in [0.15, 0.2) is 0 Å². The van der Waals surface area contributed by atoms with E-state index < -0.39 is 6.10 Å². The van der Waals surface area contributed by atoms with Crippen LogP contribution in [-0.2, 0) is 18.3 Å². The minimum atomic E-state index is -0.431. The second-order valence-electron chi connectivity index (χ2n) is 4.66. The minimum absolute atomic E-state index is 0.0200. The molecular weight excluding hydrogens is 230 g/mol. The van der Waals surface area contributed by atoms with E-state index in [4.69, 9.17) is 0 Å². The second-order valence-corrected chi connectivity index (χ2v) is 4.66. The summed E-state index contributed by atoms with van der Waals surface area (Å²) in [5, 5.41) is 16.5. The third-order valence-corrected chi connectivity index (χ3v) is 2.89. The van der Waals surface area contributed by atoms with E-state index in [-0.39, 0.29) is 5.91 Å². The van der Waals surface area contributed by atoms with Crippen LogP contribution in [0.2, 0.25) is 0 Å². The summed E-state index contributed by atoms with van der Waals surface area (Å²) in [6.07, 6.45) is 4.28. The van der Waals surface area contributed by atoms with Crippen molar-refractivity contribution < 1.29 is 9.90 Å². The normalized spacial score (nSPS) is 12.4. The highest BCUT2D eigenvalue weighted by Crippen LogP contribution is 2.07. The van der Waals surface area contributed by atoms with Crippen LogP contribution in [0.4, 0.5) is 0 Å². The Bertz CT molecular complexity index is 388. The molecule has 1 atom stereocenters. The number of aliphatic hydroxyl groups is 1. The molecule has 0 radical (unpaired) electrons. The summed E-state index contributed by atoms with van der Waals surface area (Å²) in [4.78, 5) is 11.6. The number of amides is 1. The van der Waals surface area contributed by atoms with Crippen LogP contribution in [0.1, 0.15) is 37.4 Å². The SMILES string of the molecule is CCCC(O)CNC(=O)CCc1cn(C)nc1C. The minimum Gasteiger partial charge on any atom is -0.391 e. The van der Waals surface area contributed by atoms with Gasteiger partial charge in [-0.15, -0.1) is 0 Å². The number of aryl methyl sites for hydroxylation is 3. The fourth-order valence-electron chi connectivity index (χ4n) is 1.90. The lowest BCUT2D eigenvalue weighted by Crippen LogP contribution is -2.32. The standard InChI is InChI=1S/C13H23N3O2/c1-4-5-12(17)8-14-13(18)7-6-11-9-16(3)15-10(11)2/h9,12,17H,4-8H2,1-3H3,(H,14,18). The topological polar surface area (TPSA) is 67.2 Å². The maximum atomic E-state index is 11.6. The average Bonchev–Trinajstić information content (AvgIpc) is 2.63. The van der Waals surface area contributed by atoms with Gasteiger partial charge in [0.1, 0.15) is 0 Å². The van der Waals surface area contributed by atoms with Crippen LogP contribution in [0.3, 0.4) is 0 Å². The zero-order valence-corrected chi connectivity index (χ0v) is 11.4. The number of rotatable bonds is 7. The van der Waals surface area contributed by atoms with E-state index in [0.29, 0.717) is 19.4 Å². The molecule has 0 fully saturated rings. The highest BCUT2D eigenvalue weighted by molar-refractivity contribution is 5.76. The number of nitrogens with one attached hydrogen (secondary N) is 1. The Hall–Kier alpha value is -1.36. The fourth-order valence-corrected chi connectivity index (χ4v) is 1.90. The number of carbonyl (C=O) groups excluding carboxylic acids is 1. The van der Waals surface area contributed by atoms with Crippen molar-refractivity contribution in [1.29, 1.82) is 0 Å². The lowest BCUT2D eigenvalue weighted by Gasteiger charge is -2.10. The Kier molecular flexibility index (Phi) is 5.85. The predicted molar refractivity (Wildman–Crippen MR) is 70.2 cm³/mol. The Morgan fingerprint density at radius 2 is 2.33 bits per heavy atom. The van der Waals surface area contributed by atoms with Crippen LogP contribution in [0.5, 0.6) is 0 Å². The molecule has 1 unspecified atom stereocenters. The van der Waals surface area contributed by atoms with E-state index in [2.05, 4.69) is 10.4 Å². The first-order valence-electron chi connectivity index (χ1n) is 6.46. The smallest absolute Gasteiger partial charge is 0.220 e. The maximum Gasteiger partial charge on any atom is 0.220 e. The quantitative estimate of drug-likeness (QED) is 0.760. The van der Waals surface area contributed by atoms with Crippen LogP contribution in [0.25, 0.3) is 0 Å². The van der Waals surface area contributed by atoms with Crippen molar-refractivity contribution in [2.75, 3.05) is 6.54 Å². The first-order valence-corrected chi connectivity index (χ1v) is 6.46. The van der Waals surface area contributed by atoms with Crippen molar-refractivity contribution in [3.8, 4) is 0 Å². The van der Waals surface area contributed by atoms with Gasteiger partial charge in [-0.3, -0.25) is 9.48 Å². The van der Waals surface area contributed by atoms with Gasteiger partial charge in [0.2, 0.25) is 5.91 Å². The van der Waals surface area contributed by atoms with Crippen molar-refractivity contribution in [3.63, 3.8) is 0 Å². The Balaban J connectivity index is 2.27. The molecule has 18 heavy (non-hydrogen) atoms. The van der Waals surface area contributed by atoms with Gasteiger partial charge in [-0.05, 0) is 25.3 Å². The molecule has 0 aliphatic heterocycles. The van der Waals surface area contributed by atoms with Crippen LogP contribution < -0.4 is 5.32 Å². The van der Waals surface area contributed by atoms with Gasteiger partial charge >= 0.3 is 0 Å². The number of hydrogen-bond acceptors (Lipinski definition) is 3. The molecule has 5 heteroatoms. The number of hydrogen-bond donors (Lipinski definition) is 2. The molecular formula is C13H23N3O2. The predicted octanol–water partition coefficient (Wildman–Crippen LogP) is 0.938. The van der Waals surface area contributed by atoms with Gasteiger partial charge in [-0.1, -0.05) is 13.3 Å². The molecule has 1 rings (SSSR count). The molecule has 0 aliphatic rings. The third-order valence-electron chi connectivity index (χ3n) is 2.89. The molecule has 1 aromatic heterocycles. The summed E-state index contributed by atoms with van der Waals surface area (Å²) in [5.74, 6) is -0.0200. The number of aliphatic hydroxyl groups excluding tert-OH is 1. The fraction of sp³-hybridized carbons (Fsp3) is 0.692. The molecule has 0 bridgehead atoms. The molecule has 102 valence electrons. The zero-order chi connectivity index (χ0) is 13.5. The van der Waals surface area contributed by atoms with E-state index in [1.54, 1.807) is 4.68 Å². The molecule has 1 amide bonds. The molecule has 0 saturated carbocycles. The third kappa shape index (κ3) is 4.87. The molecule has 5 nitrogen and oxygen atoms in total. The first kappa shape index (κ1) is 14.7. The lowest BCUT2D eigenvalue weighted by molar-refractivity contribution is -0.121. The van der Waals surface area contributed by atoms with Crippen molar-refractivity contribution in [2.45, 2.75) is 45.6 Å². The first-order chi connectivity index (χ1) is 8.52. The largest absolute Gasteiger partial charge is 0.391 e. The summed E-state index contributed by atoms with van der Waals surface area (Å²) in [7, 11) is 1.87. The van der Waals surface area contributed by atoms with Gasteiger partial charge < -0.3 is 10.4 Å². The molecule has 0 aromatic carbocycles. The van der Waals surface area contributed by atoms with Crippen LogP contribution in [0.15, 0.2) is 6.20 Å². The highest BCUT2D eigenvalue weighted by atomic mass is 16.3. The van der Waals surface area contributed by atoms with Gasteiger partial charge in [-0.2, -0.15) is 5.10 Å². The van der Waals surface area contributed by atoms with E-state index in [0.717, 1.165) is 24.1 Å². The Labute approximate surface area is 108 Å². The highest BCUT2D eigenvalue weighted by Gasteiger charge is 2.08. The zero-order valence-electron chi connectivity index (χ0n) is 11.4. The number of carbonyl (C=O) groups is 1. The summed E-state index contributed by atoms with van der Waals surface area (Å²) in [5.41, 5.74) is 2.07. The summed E-state index contributed by atoms with van der Waals surface area (Å²) < 4.78 is 1.76. The van der Waals surface area contributed by atoms with Gasteiger partial charge in [0, 0.05) is 26.2 Å². The molecule has 2 N–H and O–H groups in total. The molecule has 1 heterocycles. The van der Waals surface area contributed by atoms with Gasteiger partial charge in [0.25, 0.3) is 0 Å². The Morgan fingerprint density at radius 3 is 2.89 bits per heavy atom. The van der Waals surface area contributed by atoms with Crippen molar-refractivity contribution in [1.82, 2.24) is 15.1 Å². The maximum absolute atomic E-state index is 11.6. The summed E-state index contributed by atoms with van der Waals surface area (Å²) >= 11 is 0. The van der Waals surface area contributed by atoms with Crippen LogP contribution >= 0.6 is 0 Å².